The Morgan fingerprint density at radius 2 is 2.60 bits per heavy atom. The van der Waals surface area contributed by atoms with Crippen LogP contribution in [-0.4, -0.2) is 6.67 Å². The number of hydrogen-bond acceptors (Lipinski definition) is 4. The third kappa shape index (κ3) is 0.769. The Bertz CT molecular complexity index is 18.5. The van der Waals surface area contributed by atoms with Crippen molar-refractivity contribution in [1.29, 1.82) is 0 Å². The summed E-state index contributed by atoms with van der Waals surface area (Å²) in [6.07, 6.45) is 0. The molecule has 1 fully saturated rings. The third-order valence-corrected chi connectivity index (χ3v) is 0.891. The van der Waals surface area contributed by atoms with Gasteiger partial charge in [0.15, 0.2) is 0 Å². The summed E-state index contributed by atoms with van der Waals surface area (Å²) in [5.41, 5.74) is 2.82. The highest BCUT2D eigenvalue weighted by molar-refractivity contribution is 7.95. The molecule has 0 saturated carbocycles. The molecule has 1 rings (SSSR count). The lowest BCUT2D eigenvalue weighted by Gasteiger charge is -1.76. The SMILES string of the molecule is C1NNSN1. The summed E-state index contributed by atoms with van der Waals surface area (Å²) in [5, 5.41) is 0. The second-order valence-corrected chi connectivity index (χ2v) is 1.40. The molecule has 0 aliphatic carbocycles. The largest absolute Gasteiger partial charge is 0.235 e. The molecule has 0 amide bonds. The maximum Gasteiger partial charge on any atom is 0.0705 e. The van der Waals surface area contributed by atoms with E-state index in [9.17, 15) is 0 Å². The quantitative estimate of drug-likeness (QED) is 0.341. The lowest BCUT2D eigenvalue weighted by molar-refractivity contribution is 0.727. The van der Waals surface area contributed by atoms with E-state index in [1.807, 2.05) is 0 Å². The molecule has 4 heteroatoms. The summed E-state index contributed by atoms with van der Waals surface area (Å²) >= 11 is 1.46. The standard InChI is InChI=1S/CH5N3S/c1-2-4-5-3-1/h2-4H,1H2. The Morgan fingerprint density at radius 3 is 2.80 bits per heavy atom. The van der Waals surface area contributed by atoms with Gasteiger partial charge in [0, 0.05) is 12.1 Å². The van der Waals surface area contributed by atoms with Crippen LogP contribution in [0.4, 0.5) is 0 Å². The van der Waals surface area contributed by atoms with Gasteiger partial charge in [-0.25, -0.2) is 10.1 Å². The van der Waals surface area contributed by atoms with Gasteiger partial charge in [-0.15, -0.1) is 0 Å². The van der Waals surface area contributed by atoms with Crippen LogP contribution in [0.1, 0.15) is 0 Å². The van der Waals surface area contributed by atoms with Gasteiger partial charge in [0.25, 0.3) is 0 Å². The molecule has 0 atom stereocenters. The average Bonchev–Trinajstić information content (AvgIpc) is 1.76. The van der Waals surface area contributed by atoms with Gasteiger partial charge in [0.1, 0.15) is 0 Å². The highest BCUT2D eigenvalue weighted by Gasteiger charge is 1.89. The van der Waals surface area contributed by atoms with Gasteiger partial charge in [0.05, 0.1) is 6.67 Å². The Hall–Kier alpha value is 0.230. The predicted octanol–water partition coefficient (Wildman–Crippen LogP) is -0.796. The van der Waals surface area contributed by atoms with Crippen LogP contribution in [0, 0.1) is 0 Å². The van der Waals surface area contributed by atoms with Crippen molar-refractivity contribution in [3.8, 4) is 0 Å². The van der Waals surface area contributed by atoms with E-state index < -0.39 is 0 Å². The zero-order valence-electron chi connectivity index (χ0n) is 2.62. The van der Waals surface area contributed by atoms with E-state index in [2.05, 4.69) is 15.0 Å². The zero-order valence-corrected chi connectivity index (χ0v) is 3.43. The van der Waals surface area contributed by atoms with Gasteiger partial charge >= 0.3 is 0 Å². The second-order valence-electron chi connectivity index (χ2n) is 0.702. The molecular weight excluding hydrogens is 86.1 g/mol. The van der Waals surface area contributed by atoms with Crippen LogP contribution in [0.5, 0.6) is 0 Å². The van der Waals surface area contributed by atoms with Gasteiger partial charge < -0.3 is 0 Å². The van der Waals surface area contributed by atoms with E-state index in [0.29, 0.717) is 0 Å². The minimum atomic E-state index is 0.852. The van der Waals surface area contributed by atoms with E-state index in [-0.39, 0.29) is 0 Å². The van der Waals surface area contributed by atoms with E-state index >= 15 is 0 Å². The summed E-state index contributed by atoms with van der Waals surface area (Å²) in [7, 11) is 0. The molecule has 0 aromatic carbocycles. The number of rotatable bonds is 0. The van der Waals surface area contributed by atoms with Crippen molar-refractivity contribution < 1.29 is 0 Å². The molecule has 0 bridgehead atoms. The van der Waals surface area contributed by atoms with Crippen LogP contribution in [0.15, 0.2) is 0 Å². The first-order valence-corrected chi connectivity index (χ1v) is 2.18. The molecule has 1 heterocycles. The van der Waals surface area contributed by atoms with Crippen LogP contribution in [-0.2, 0) is 0 Å². The van der Waals surface area contributed by atoms with Crippen LogP contribution < -0.4 is 15.0 Å². The topological polar surface area (TPSA) is 36.1 Å². The van der Waals surface area contributed by atoms with Gasteiger partial charge in [-0.3, -0.25) is 0 Å². The molecule has 3 nitrogen and oxygen atoms in total. The minimum Gasteiger partial charge on any atom is -0.235 e. The van der Waals surface area contributed by atoms with Gasteiger partial charge in [-0.2, -0.15) is 4.83 Å². The van der Waals surface area contributed by atoms with Gasteiger partial charge in [0.2, 0.25) is 0 Å². The fraction of sp³-hybridized carbons (Fsp3) is 1.00. The van der Waals surface area contributed by atoms with Crippen molar-refractivity contribution in [3.63, 3.8) is 0 Å². The molecule has 0 radical (unpaired) electrons. The molecular formula is CH5N3S. The van der Waals surface area contributed by atoms with Crippen molar-refractivity contribution in [2.45, 2.75) is 0 Å². The Balaban J connectivity index is 2.08. The average molecular weight is 91.1 g/mol. The normalized spacial score (nSPS) is 24.0. The maximum atomic E-state index is 2.92. The molecule has 30 valence electrons. The van der Waals surface area contributed by atoms with Gasteiger partial charge in [-0.05, 0) is 0 Å². The van der Waals surface area contributed by atoms with Crippen LogP contribution in [0.3, 0.4) is 0 Å². The fourth-order valence-electron chi connectivity index (χ4n) is 0.180. The van der Waals surface area contributed by atoms with Crippen molar-refractivity contribution in [1.82, 2.24) is 15.0 Å². The van der Waals surface area contributed by atoms with Crippen LogP contribution in [0.25, 0.3) is 0 Å². The molecule has 3 N–H and O–H groups in total. The van der Waals surface area contributed by atoms with Crippen LogP contribution >= 0.6 is 12.1 Å². The minimum absolute atomic E-state index is 0.852. The number of hydrogen-bond donors (Lipinski definition) is 3. The Labute approximate surface area is 34.7 Å². The maximum absolute atomic E-state index is 2.92. The van der Waals surface area contributed by atoms with E-state index in [1.165, 1.54) is 12.1 Å². The fourth-order valence-corrected chi connectivity index (χ4v) is 0.541. The first-order valence-electron chi connectivity index (χ1n) is 1.37. The predicted molar refractivity (Wildman–Crippen MR) is 21.9 cm³/mol. The molecule has 1 saturated heterocycles. The lowest BCUT2D eigenvalue weighted by atomic mass is 11.2. The number of nitrogens with one attached hydrogen (secondary N) is 3. The van der Waals surface area contributed by atoms with Crippen molar-refractivity contribution in [2.24, 2.45) is 0 Å². The zero-order chi connectivity index (χ0) is 3.54. The summed E-state index contributed by atoms with van der Waals surface area (Å²) in [5.74, 6) is 0. The summed E-state index contributed by atoms with van der Waals surface area (Å²) in [6.45, 7) is 0.852. The molecule has 1 aliphatic rings. The summed E-state index contributed by atoms with van der Waals surface area (Å²) < 4.78 is 2.92. The van der Waals surface area contributed by atoms with Gasteiger partial charge in [-0.1, -0.05) is 0 Å². The molecule has 0 unspecified atom stereocenters. The molecule has 0 aromatic heterocycles. The molecule has 0 spiro atoms. The highest BCUT2D eigenvalue weighted by atomic mass is 32.2. The Kier molecular flexibility index (Phi) is 1.10. The van der Waals surface area contributed by atoms with E-state index in [1.54, 1.807) is 0 Å². The van der Waals surface area contributed by atoms with E-state index in [0.717, 1.165) is 6.67 Å². The number of hydrazine groups is 1. The van der Waals surface area contributed by atoms with Crippen molar-refractivity contribution >= 4 is 12.1 Å². The molecule has 1 aliphatic heterocycles. The third-order valence-electron chi connectivity index (χ3n) is 0.356. The summed E-state index contributed by atoms with van der Waals surface area (Å²) in [4.78, 5) is 2.78. The Morgan fingerprint density at radius 1 is 1.60 bits per heavy atom. The first kappa shape index (κ1) is 3.42. The van der Waals surface area contributed by atoms with Crippen molar-refractivity contribution in [3.05, 3.63) is 0 Å². The van der Waals surface area contributed by atoms with E-state index in [4.69, 9.17) is 0 Å². The second kappa shape index (κ2) is 1.61. The first-order chi connectivity index (χ1) is 2.50. The monoisotopic (exact) mass is 91.0 g/mol. The smallest absolute Gasteiger partial charge is 0.0705 e. The molecule has 0 aromatic rings. The van der Waals surface area contributed by atoms with Crippen molar-refractivity contribution in [2.75, 3.05) is 6.67 Å². The molecule has 5 heavy (non-hydrogen) atoms. The lowest BCUT2D eigenvalue weighted by Crippen LogP contribution is -2.18. The summed E-state index contributed by atoms with van der Waals surface area (Å²) in [6, 6.07) is 0. The van der Waals surface area contributed by atoms with Crippen LogP contribution in [0.2, 0.25) is 0 Å². The highest BCUT2D eigenvalue weighted by Crippen LogP contribution is 1.81.